The molecule has 0 aliphatic heterocycles. The van der Waals surface area contributed by atoms with Crippen LogP contribution in [0.2, 0.25) is 5.02 Å². The molecule has 0 fully saturated rings. The molecule has 0 spiro atoms. The fraction of sp³-hybridized carbons (Fsp3) is 0.462. The van der Waals surface area contributed by atoms with Crippen LogP contribution in [0.1, 0.15) is 30.1 Å². The van der Waals surface area contributed by atoms with E-state index in [1.54, 1.807) is 24.3 Å². The number of hydrogen-bond acceptors (Lipinski definition) is 2. The third-order valence-electron chi connectivity index (χ3n) is 2.59. The van der Waals surface area contributed by atoms with Crippen LogP contribution in [0.15, 0.2) is 24.3 Å². The average molecular weight is 256 g/mol. The van der Waals surface area contributed by atoms with Gasteiger partial charge in [0.2, 0.25) is 0 Å². The second-order valence-electron chi connectivity index (χ2n) is 4.17. The van der Waals surface area contributed by atoms with Gasteiger partial charge in [-0.2, -0.15) is 0 Å². The summed E-state index contributed by atoms with van der Waals surface area (Å²) in [5.41, 5.74) is 0.504. The van der Waals surface area contributed by atoms with E-state index in [1.807, 2.05) is 6.92 Å². The van der Waals surface area contributed by atoms with Crippen molar-refractivity contribution in [3.63, 3.8) is 0 Å². The summed E-state index contributed by atoms with van der Waals surface area (Å²) in [6.45, 7) is 2.78. The first-order valence-electron chi connectivity index (χ1n) is 5.78. The van der Waals surface area contributed by atoms with Crippen molar-refractivity contribution >= 4 is 17.5 Å². The monoisotopic (exact) mass is 255 g/mol. The maximum atomic E-state index is 11.7. The molecule has 0 saturated carbocycles. The lowest BCUT2D eigenvalue weighted by Crippen LogP contribution is -2.25. The third kappa shape index (κ3) is 4.75. The molecular weight excluding hydrogens is 238 g/mol. The Bertz CT molecular complexity index is 368. The van der Waals surface area contributed by atoms with Crippen molar-refractivity contribution in [1.82, 2.24) is 5.32 Å². The zero-order valence-electron chi connectivity index (χ0n) is 9.95. The smallest absolute Gasteiger partial charge is 0.252 e. The summed E-state index contributed by atoms with van der Waals surface area (Å²) in [6.07, 6.45) is 1.76. The van der Waals surface area contributed by atoms with E-state index in [9.17, 15) is 4.79 Å². The van der Waals surface area contributed by atoms with E-state index in [4.69, 9.17) is 16.7 Å². The van der Waals surface area contributed by atoms with Crippen LogP contribution in [-0.4, -0.2) is 24.2 Å². The Morgan fingerprint density at radius 1 is 1.47 bits per heavy atom. The molecule has 17 heavy (non-hydrogen) atoms. The van der Waals surface area contributed by atoms with Crippen LogP contribution in [0.3, 0.4) is 0 Å². The minimum atomic E-state index is -0.146. The second-order valence-corrected chi connectivity index (χ2v) is 4.57. The molecule has 1 aromatic carbocycles. The molecule has 0 aliphatic rings. The van der Waals surface area contributed by atoms with Crippen molar-refractivity contribution in [2.75, 3.05) is 13.2 Å². The molecule has 1 unspecified atom stereocenters. The summed E-state index contributed by atoms with van der Waals surface area (Å²) in [5.74, 6) is 0.138. The zero-order chi connectivity index (χ0) is 12.7. The molecule has 4 heteroatoms. The van der Waals surface area contributed by atoms with Crippen LogP contribution < -0.4 is 5.32 Å². The number of rotatable bonds is 6. The standard InChI is InChI=1S/C13H18ClNO2/c1-10(9-16)5-4-8-15-13(17)11-6-2-3-7-12(11)14/h2-3,6-7,10,16H,4-5,8-9H2,1H3,(H,15,17). The molecule has 1 aromatic rings. The lowest BCUT2D eigenvalue weighted by atomic mass is 10.1. The highest BCUT2D eigenvalue weighted by atomic mass is 35.5. The van der Waals surface area contributed by atoms with E-state index in [2.05, 4.69) is 5.32 Å². The predicted octanol–water partition coefficient (Wildman–Crippen LogP) is 2.48. The van der Waals surface area contributed by atoms with Gasteiger partial charge in [-0.25, -0.2) is 0 Å². The number of halogens is 1. The molecule has 0 aromatic heterocycles. The van der Waals surface area contributed by atoms with E-state index < -0.39 is 0 Å². The highest BCUT2D eigenvalue weighted by Gasteiger charge is 2.08. The molecule has 3 nitrogen and oxygen atoms in total. The van der Waals surface area contributed by atoms with Gasteiger partial charge in [-0.3, -0.25) is 4.79 Å². The van der Waals surface area contributed by atoms with Crippen molar-refractivity contribution in [2.45, 2.75) is 19.8 Å². The number of benzene rings is 1. The van der Waals surface area contributed by atoms with Crippen LogP contribution in [0, 0.1) is 5.92 Å². The highest BCUT2D eigenvalue weighted by Crippen LogP contribution is 2.14. The van der Waals surface area contributed by atoms with Gasteiger partial charge in [0.1, 0.15) is 0 Å². The Hall–Kier alpha value is -1.06. The number of hydrogen-bond donors (Lipinski definition) is 2. The second kappa shape index (κ2) is 7.30. The lowest BCUT2D eigenvalue weighted by Gasteiger charge is -2.09. The van der Waals surface area contributed by atoms with Crippen LogP contribution in [0.25, 0.3) is 0 Å². The first-order chi connectivity index (χ1) is 8.15. The fourth-order valence-corrected chi connectivity index (χ4v) is 1.71. The van der Waals surface area contributed by atoms with Gasteiger partial charge in [0, 0.05) is 13.2 Å². The number of amides is 1. The maximum absolute atomic E-state index is 11.7. The van der Waals surface area contributed by atoms with Crippen LogP contribution in [-0.2, 0) is 0 Å². The molecule has 2 N–H and O–H groups in total. The summed E-state index contributed by atoms with van der Waals surface area (Å²) in [5, 5.41) is 12.1. The number of carbonyl (C=O) groups excluding carboxylic acids is 1. The number of aliphatic hydroxyl groups excluding tert-OH is 1. The molecule has 0 radical (unpaired) electrons. The SMILES string of the molecule is CC(CO)CCCNC(=O)c1ccccc1Cl. The molecule has 0 aliphatic carbocycles. The van der Waals surface area contributed by atoms with Gasteiger partial charge in [-0.15, -0.1) is 0 Å². The Morgan fingerprint density at radius 2 is 2.18 bits per heavy atom. The van der Waals surface area contributed by atoms with Gasteiger partial charge in [0.15, 0.2) is 0 Å². The van der Waals surface area contributed by atoms with Crippen LogP contribution in [0.5, 0.6) is 0 Å². The summed E-state index contributed by atoms with van der Waals surface area (Å²) in [6, 6.07) is 6.98. The molecule has 0 bridgehead atoms. The minimum Gasteiger partial charge on any atom is -0.396 e. The van der Waals surface area contributed by atoms with Gasteiger partial charge in [-0.05, 0) is 30.9 Å². The predicted molar refractivity (Wildman–Crippen MR) is 69.3 cm³/mol. The Balaban J connectivity index is 2.33. The van der Waals surface area contributed by atoms with Gasteiger partial charge in [0.25, 0.3) is 5.91 Å². The Morgan fingerprint density at radius 3 is 2.82 bits per heavy atom. The lowest BCUT2D eigenvalue weighted by molar-refractivity contribution is 0.0952. The number of aliphatic hydroxyl groups is 1. The zero-order valence-corrected chi connectivity index (χ0v) is 10.7. The van der Waals surface area contributed by atoms with E-state index in [0.29, 0.717) is 17.1 Å². The van der Waals surface area contributed by atoms with Crippen molar-refractivity contribution < 1.29 is 9.90 Å². The van der Waals surface area contributed by atoms with E-state index in [0.717, 1.165) is 12.8 Å². The van der Waals surface area contributed by atoms with Gasteiger partial charge >= 0.3 is 0 Å². The quantitative estimate of drug-likeness (QED) is 0.768. The molecule has 1 atom stereocenters. The summed E-state index contributed by atoms with van der Waals surface area (Å²) in [7, 11) is 0. The van der Waals surface area contributed by atoms with Crippen LogP contribution >= 0.6 is 11.6 Å². The topological polar surface area (TPSA) is 49.3 Å². The molecular formula is C13H18ClNO2. The van der Waals surface area contributed by atoms with E-state index in [-0.39, 0.29) is 18.4 Å². The van der Waals surface area contributed by atoms with Crippen molar-refractivity contribution in [3.05, 3.63) is 34.9 Å². The third-order valence-corrected chi connectivity index (χ3v) is 2.92. The number of nitrogens with one attached hydrogen (secondary N) is 1. The molecule has 1 amide bonds. The molecule has 0 heterocycles. The first kappa shape index (κ1) is 14.0. The normalized spacial score (nSPS) is 12.2. The molecule has 1 rings (SSSR count). The first-order valence-corrected chi connectivity index (χ1v) is 6.16. The Labute approximate surface area is 107 Å². The average Bonchev–Trinajstić information content (AvgIpc) is 2.34. The fourth-order valence-electron chi connectivity index (χ4n) is 1.48. The Kier molecular flexibility index (Phi) is 6.01. The number of carbonyl (C=O) groups is 1. The van der Waals surface area contributed by atoms with Gasteiger partial charge < -0.3 is 10.4 Å². The highest BCUT2D eigenvalue weighted by molar-refractivity contribution is 6.33. The van der Waals surface area contributed by atoms with Gasteiger partial charge in [-0.1, -0.05) is 30.7 Å². The van der Waals surface area contributed by atoms with E-state index in [1.165, 1.54) is 0 Å². The van der Waals surface area contributed by atoms with Crippen molar-refractivity contribution in [2.24, 2.45) is 5.92 Å². The van der Waals surface area contributed by atoms with Crippen molar-refractivity contribution in [3.8, 4) is 0 Å². The summed E-state index contributed by atoms with van der Waals surface area (Å²) >= 11 is 5.91. The maximum Gasteiger partial charge on any atom is 0.252 e. The largest absolute Gasteiger partial charge is 0.396 e. The molecule has 0 saturated heterocycles. The van der Waals surface area contributed by atoms with E-state index >= 15 is 0 Å². The van der Waals surface area contributed by atoms with Gasteiger partial charge in [0.05, 0.1) is 10.6 Å². The minimum absolute atomic E-state index is 0.146. The summed E-state index contributed by atoms with van der Waals surface area (Å²) < 4.78 is 0. The summed E-state index contributed by atoms with van der Waals surface area (Å²) in [4.78, 5) is 11.7. The van der Waals surface area contributed by atoms with Crippen LogP contribution in [0.4, 0.5) is 0 Å². The molecule has 94 valence electrons. The van der Waals surface area contributed by atoms with Crippen molar-refractivity contribution in [1.29, 1.82) is 0 Å².